The van der Waals surface area contributed by atoms with Crippen molar-refractivity contribution in [3.05, 3.63) is 89.0 Å². The number of ether oxygens (including phenoxy) is 2. The number of amides is 1. The Kier molecular flexibility index (Phi) is 7.42. The molecule has 1 atom stereocenters. The van der Waals surface area contributed by atoms with Crippen molar-refractivity contribution >= 4 is 22.9 Å². The number of nitrogens with zero attached hydrogens (tertiary/aromatic N) is 4. The number of carbonyl (C=O) groups excluding carboxylic acids is 1. The van der Waals surface area contributed by atoms with E-state index >= 15 is 0 Å². The topological polar surface area (TPSA) is 97.1 Å². The number of aromatic carboxylic acids is 1. The van der Waals surface area contributed by atoms with E-state index in [9.17, 15) is 19.1 Å². The van der Waals surface area contributed by atoms with Crippen molar-refractivity contribution in [2.45, 2.75) is 32.5 Å². The predicted molar refractivity (Wildman–Crippen MR) is 150 cm³/mol. The molecule has 10 heteroatoms. The zero-order valence-electron chi connectivity index (χ0n) is 22.8. The zero-order valence-corrected chi connectivity index (χ0v) is 22.8. The summed E-state index contributed by atoms with van der Waals surface area (Å²) in [5.41, 5.74) is 3.06. The Balaban J connectivity index is 1.12. The van der Waals surface area contributed by atoms with Crippen molar-refractivity contribution in [1.29, 1.82) is 0 Å². The molecule has 212 valence electrons. The molecule has 0 bridgehead atoms. The Morgan fingerprint density at radius 3 is 2.56 bits per heavy atom. The van der Waals surface area contributed by atoms with E-state index in [4.69, 9.17) is 14.5 Å². The molecule has 0 unspecified atom stereocenters. The highest BCUT2D eigenvalue weighted by Gasteiger charge is 2.26. The van der Waals surface area contributed by atoms with Crippen LogP contribution in [0.15, 0.2) is 60.7 Å². The van der Waals surface area contributed by atoms with Gasteiger partial charge in [-0.15, -0.1) is 0 Å². The number of piperazine rings is 1. The van der Waals surface area contributed by atoms with Crippen LogP contribution in [0, 0.1) is 12.7 Å². The quantitative estimate of drug-likeness (QED) is 0.334. The zero-order chi connectivity index (χ0) is 28.5. The molecule has 41 heavy (non-hydrogen) atoms. The summed E-state index contributed by atoms with van der Waals surface area (Å²) in [7, 11) is 0. The third-order valence-electron chi connectivity index (χ3n) is 7.67. The average Bonchev–Trinajstić information content (AvgIpc) is 3.28. The number of hydrogen-bond donors (Lipinski definition) is 1. The van der Waals surface area contributed by atoms with Gasteiger partial charge in [-0.1, -0.05) is 12.1 Å². The third-order valence-corrected chi connectivity index (χ3v) is 7.67. The van der Waals surface area contributed by atoms with Crippen LogP contribution in [0.2, 0.25) is 0 Å². The smallest absolute Gasteiger partial charge is 0.335 e. The fraction of sp³-hybridized carbons (Fsp3) is 0.323. The second-order valence-electron chi connectivity index (χ2n) is 10.6. The summed E-state index contributed by atoms with van der Waals surface area (Å²) in [5.74, 6) is -0.156. The fourth-order valence-corrected chi connectivity index (χ4v) is 5.26. The number of imidazole rings is 1. The maximum atomic E-state index is 14.3. The van der Waals surface area contributed by atoms with Crippen LogP contribution in [0.1, 0.15) is 38.5 Å². The van der Waals surface area contributed by atoms with Crippen LogP contribution in [0.5, 0.6) is 11.5 Å². The first-order valence-corrected chi connectivity index (χ1v) is 13.7. The maximum absolute atomic E-state index is 14.3. The van der Waals surface area contributed by atoms with E-state index in [0.29, 0.717) is 50.6 Å². The fourth-order valence-electron chi connectivity index (χ4n) is 5.26. The van der Waals surface area contributed by atoms with Crippen molar-refractivity contribution in [1.82, 2.24) is 19.4 Å². The van der Waals surface area contributed by atoms with Gasteiger partial charge in [0.1, 0.15) is 11.6 Å². The average molecular weight is 559 g/mol. The molecule has 1 aromatic heterocycles. The van der Waals surface area contributed by atoms with Crippen molar-refractivity contribution in [2.24, 2.45) is 0 Å². The van der Waals surface area contributed by atoms with Gasteiger partial charge in [0.05, 0.1) is 35.8 Å². The Hall–Kier alpha value is -4.28. The summed E-state index contributed by atoms with van der Waals surface area (Å²) in [6.07, 6.45) is 1.06. The first kappa shape index (κ1) is 26.9. The van der Waals surface area contributed by atoms with E-state index in [1.54, 1.807) is 54.6 Å². The van der Waals surface area contributed by atoms with Crippen LogP contribution in [0.3, 0.4) is 0 Å². The van der Waals surface area contributed by atoms with Gasteiger partial charge in [0, 0.05) is 38.3 Å². The lowest BCUT2D eigenvalue weighted by Gasteiger charge is -2.35. The summed E-state index contributed by atoms with van der Waals surface area (Å²) < 4.78 is 27.7. The molecule has 2 saturated heterocycles. The van der Waals surface area contributed by atoms with Gasteiger partial charge < -0.3 is 24.0 Å². The van der Waals surface area contributed by atoms with Gasteiger partial charge in [-0.2, -0.15) is 0 Å². The second-order valence-corrected chi connectivity index (χ2v) is 10.6. The molecular formula is C31H31FN4O5. The maximum Gasteiger partial charge on any atom is 0.335 e. The van der Waals surface area contributed by atoms with Crippen molar-refractivity contribution in [3.8, 4) is 11.5 Å². The number of hydrogen-bond acceptors (Lipinski definition) is 6. The summed E-state index contributed by atoms with van der Waals surface area (Å²) in [4.78, 5) is 33.8. The Labute approximate surface area is 236 Å². The summed E-state index contributed by atoms with van der Waals surface area (Å²) >= 11 is 0. The summed E-state index contributed by atoms with van der Waals surface area (Å²) in [6.45, 7) is 6.18. The minimum Gasteiger partial charge on any atom is -0.478 e. The lowest BCUT2D eigenvalue weighted by atomic mass is 10.1. The molecule has 2 aliphatic rings. The lowest BCUT2D eigenvalue weighted by molar-refractivity contribution is -0.0592. The first-order valence-electron chi connectivity index (χ1n) is 13.7. The molecule has 9 nitrogen and oxygen atoms in total. The van der Waals surface area contributed by atoms with E-state index in [1.807, 2.05) is 11.8 Å². The van der Waals surface area contributed by atoms with Crippen molar-refractivity contribution in [3.63, 3.8) is 0 Å². The number of aryl methyl sites for hydroxylation is 1. The lowest BCUT2D eigenvalue weighted by Crippen LogP contribution is -2.48. The molecule has 0 radical (unpaired) electrons. The first-order chi connectivity index (χ1) is 19.8. The van der Waals surface area contributed by atoms with Gasteiger partial charge in [-0.3, -0.25) is 9.69 Å². The number of carboxylic acid groups (broad SMARTS) is 1. The Morgan fingerprint density at radius 1 is 1.05 bits per heavy atom. The summed E-state index contributed by atoms with van der Waals surface area (Å²) in [5, 5.41) is 9.48. The monoisotopic (exact) mass is 558 g/mol. The minimum absolute atomic E-state index is 0.0938. The highest BCUT2D eigenvalue weighted by molar-refractivity contribution is 5.95. The van der Waals surface area contributed by atoms with E-state index < -0.39 is 11.8 Å². The van der Waals surface area contributed by atoms with Gasteiger partial charge in [0.25, 0.3) is 5.91 Å². The molecule has 2 aliphatic heterocycles. The van der Waals surface area contributed by atoms with Crippen LogP contribution in [-0.2, 0) is 17.8 Å². The molecule has 1 N–H and O–H groups in total. The number of halogens is 1. The normalized spacial score (nSPS) is 17.4. The van der Waals surface area contributed by atoms with Gasteiger partial charge in [0.2, 0.25) is 0 Å². The van der Waals surface area contributed by atoms with Crippen LogP contribution in [-0.4, -0.2) is 75.2 Å². The molecule has 3 heterocycles. The van der Waals surface area contributed by atoms with Gasteiger partial charge in [-0.05, 0) is 67.4 Å². The predicted octanol–water partition coefficient (Wildman–Crippen LogP) is 4.72. The van der Waals surface area contributed by atoms with E-state index in [2.05, 4.69) is 9.47 Å². The second kappa shape index (κ2) is 11.3. The molecule has 0 aliphatic carbocycles. The van der Waals surface area contributed by atoms with Gasteiger partial charge in [0.15, 0.2) is 11.6 Å². The molecule has 6 rings (SSSR count). The molecular weight excluding hydrogens is 527 g/mol. The van der Waals surface area contributed by atoms with E-state index in [-0.39, 0.29) is 23.3 Å². The van der Waals surface area contributed by atoms with Crippen LogP contribution in [0.4, 0.5) is 4.39 Å². The molecule has 3 aromatic carbocycles. The molecule has 2 fully saturated rings. The number of aromatic nitrogens is 2. The van der Waals surface area contributed by atoms with Crippen molar-refractivity contribution in [2.75, 3.05) is 32.8 Å². The number of fused-ring (bicyclic) bond motifs is 1. The number of carboxylic acids is 1. The van der Waals surface area contributed by atoms with E-state index in [0.717, 1.165) is 35.4 Å². The highest BCUT2D eigenvalue weighted by Crippen LogP contribution is 2.27. The van der Waals surface area contributed by atoms with Crippen LogP contribution in [0.25, 0.3) is 11.0 Å². The largest absolute Gasteiger partial charge is 0.478 e. The number of rotatable bonds is 8. The number of benzene rings is 3. The van der Waals surface area contributed by atoms with Gasteiger partial charge >= 0.3 is 5.97 Å². The molecule has 4 aromatic rings. The van der Waals surface area contributed by atoms with Crippen molar-refractivity contribution < 1.29 is 28.6 Å². The standard InChI is InChI=1S/C31H31FN4O5/c1-20-5-8-28(25(32)15-20)41-23-4-2-3-21(16-23)30(37)35-12-10-34(11-13-35)19-29-33-26-7-6-22(31(38)39)17-27(26)36(29)18-24-9-14-40-24/h2-8,15-17,24H,9-14,18-19H2,1H3,(H,38,39)/t24-/m0/s1. The Bertz CT molecular complexity index is 1610. The summed E-state index contributed by atoms with van der Waals surface area (Å²) in [6, 6.07) is 16.6. The molecule has 1 amide bonds. The van der Waals surface area contributed by atoms with Crippen LogP contribution >= 0.6 is 0 Å². The van der Waals surface area contributed by atoms with E-state index in [1.165, 1.54) is 6.07 Å². The minimum atomic E-state index is -0.971. The van der Waals surface area contributed by atoms with Crippen LogP contribution < -0.4 is 4.74 Å². The van der Waals surface area contributed by atoms with Gasteiger partial charge in [-0.25, -0.2) is 14.2 Å². The molecule has 0 spiro atoms. The number of carbonyl (C=O) groups is 2. The molecule has 0 saturated carbocycles. The SMILES string of the molecule is Cc1ccc(Oc2cccc(C(=O)N3CCN(Cc4nc5ccc(C(=O)O)cc5n4C[C@@H]4CCO4)CC3)c2)c(F)c1. The third kappa shape index (κ3) is 5.79. The highest BCUT2D eigenvalue weighted by atomic mass is 19.1. The Morgan fingerprint density at radius 2 is 1.85 bits per heavy atom.